The minimum Gasteiger partial charge on any atom is -0.870 e. The summed E-state index contributed by atoms with van der Waals surface area (Å²) >= 11 is 0. The molecule has 2 aromatic rings. The molecule has 0 bridgehead atoms. The van der Waals surface area contributed by atoms with Crippen molar-refractivity contribution in [1.82, 2.24) is 24.8 Å². The van der Waals surface area contributed by atoms with E-state index in [0.717, 1.165) is 0 Å². The number of nitrogens with zero attached hydrogens (tertiary/aromatic N) is 5. The van der Waals surface area contributed by atoms with E-state index in [1.54, 1.807) is 33.3 Å². The second kappa shape index (κ2) is 13.1. The smallest absolute Gasteiger partial charge is 0.870 e. The van der Waals surface area contributed by atoms with E-state index in [2.05, 4.69) is 19.9 Å². The third kappa shape index (κ3) is 9.00. The summed E-state index contributed by atoms with van der Waals surface area (Å²) in [5.74, 6) is -0.948. The van der Waals surface area contributed by atoms with Gasteiger partial charge >= 0.3 is 45.0 Å². The molecule has 1 aliphatic heterocycles. The molecule has 0 amide bonds. The van der Waals surface area contributed by atoms with Gasteiger partial charge in [-0.15, -0.1) is 0 Å². The molecule has 0 spiro atoms. The Hall–Kier alpha value is -2.33. The quantitative estimate of drug-likeness (QED) is 0.448. The van der Waals surface area contributed by atoms with Gasteiger partial charge in [0.05, 0.1) is 30.1 Å². The van der Waals surface area contributed by atoms with Crippen molar-refractivity contribution in [3.8, 4) is 0 Å². The fourth-order valence-electron chi connectivity index (χ4n) is 2.16. The Bertz CT molecular complexity index is 829. The molecule has 1 saturated heterocycles. The Morgan fingerprint density at radius 1 is 0.967 bits per heavy atom. The van der Waals surface area contributed by atoms with E-state index in [1.807, 2.05) is 0 Å². The predicted octanol–water partition coefficient (Wildman–Crippen LogP) is -6.20. The Balaban J connectivity index is 0.000000604. The van der Waals surface area contributed by atoms with Crippen molar-refractivity contribution in [2.75, 3.05) is 20.1 Å². The Morgan fingerprint density at radius 2 is 1.47 bits per heavy atom. The Morgan fingerprint density at radius 3 is 1.90 bits per heavy atom. The zero-order valence-electron chi connectivity index (χ0n) is 17.1. The maximum Gasteiger partial charge on any atom is 1.00 e. The molecule has 0 saturated carbocycles. The molecule has 3 N–H and O–H groups in total. The average molecular weight is 411 g/mol. The van der Waals surface area contributed by atoms with Crippen molar-refractivity contribution < 1.29 is 53.3 Å². The van der Waals surface area contributed by atoms with Gasteiger partial charge in [0.15, 0.2) is 0 Å². The number of rotatable bonds is 2. The first kappa shape index (κ1) is 27.7. The van der Waals surface area contributed by atoms with Gasteiger partial charge in [0, 0.05) is 24.8 Å². The maximum absolute atomic E-state index is 11.5. The van der Waals surface area contributed by atoms with Gasteiger partial charge in [0.1, 0.15) is 5.59 Å². The van der Waals surface area contributed by atoms with Gasteiger partial charge in [0.25, 0.3) is 0 Å². The van der Waals surface area contributed by atoms with Gasteiger partial charge in [-0.3, -0.25) is 34.4 Å². The zero-order chi connectivity index (χ0) is 20.7. The monoisotopic (exact) mass is 411 g/mol. The van der Waals surface area contributed by atoms with E-state index in [4.69, 9.17) is 19.4 Å². The molecule has 3 heterocycles. The van der Waals surface area contributed by atoms with Gasteiger partial charge in [-0.1, -0.05) is 0 Å². The third-order valence-corrected chi connectivity index (χ3v) is 3.33. The fraction of sp³-hybridized carbons (Fsp3) is 0.333. The summed E-state index contributed by atoms with van der Waals surface area (Å²) in [7, 11) is -1.01. The number of aromatic nitrogens is 4. The third-order valence-electron chi connectivity index (χ3n) is 3.33. The van der Waals surface area contributed by atoms with E-state index in [-0.39, 0.29) is 43.0 Å². The first-order valence-corrected chi connectivity index (χ1v) is 8.25. The van der Waals surface area contributed by atoms with Crippen LogP contribution in [0.2, 0.25) is 0 Å². The first-order chi connectivity index (χ1) is 13.2. The Labute approximate surface area is 185 Å². The summed E-state index contributed by atoms with van der Waals surface area (Å²) < 4.78 is 10.1. The SMILES string of the molecule is Cc1cncc(B(O)O)n1.Cc1cncc(B2OC(=O)CN(C)CC(=O)O2)n1.[Li+].[OH-]. The molecule has 0 aliphatic carbocycles. The molecule has 1 aliphatic rings. The van der Waals surface area contributed by atoms with Crippen molar-refractivity contribution >= 4 is 37.4 Å². The summed E-state index contributed by atoms with van der Waals surface area (Å²) in [5, 5.41) is 17.2. The summed E-state index contributed by atoms with van der Waals surface area (Å²) in [6.45, 7) is 3.55. The molecule has 0 radical (unpaired) electrons. The van der Waals surface area contributed by atoms with Crippen LogP contribution < -0.4 is 30.0 Å². The number of likely N-dealkylation sites (N-methyl/N-ethyl adjacent to an activating group) is 1. The summed E-state index contributed by atoms with van der Waals surface area (Å²) in [4.78, 5) is 40.1. The second-order valence-corrected chi connectivity index (χ2v) is 6.03. The number of hydrogen-bond donors (Lipinski definition) is 2. The van der Waals surface area contributed by atoms with Crippen LogP contribution in [0.1, 0.15) is 11.4 Å². The van der Waals surface area contributed by atoms with Crippen LogP contribution in [0, 0.1) is 13.8 Å². The molecule has 15 heteroatoms. The van der Waals surface area contributed by atoms with Crippen LogP contribution >= 0.6 is 0 Å². The van der Waals surface area contributed by atoms with Gasteiger partial charge < -0.3 is 24.8 Å². The predicted molar refractivity (Wildman–Crippen MR) is 100 cm³/mol. The van der Waals surface area contributed by atoms with Gasteiger partial charge in [-0.25, -0.2) is 0 Å². The first-order valence-electron chi connectivity index (χ1n) is 8.25. The van der Waals surface area contributed by atoms with Crippen LogP contribution in [-0.2, 0) is 18.9 Å². The maximum atomic E-state index is 11.5. The summed E-state index contributed by atoms with van der Waals surface area (Å²) in [6, 6.07) is 0. The minimum atomic E-state index is -1.52. The molecule has 1 fully saturated rings. The van der Waals surface area contributed by atoms with Gasteiger partial charge in [-0.2, -0.15) is 0 Å². The molecule has 0 aromatic carbocycles. The Kier molecular flexibility index (Phi) is 12.1. The molecule has 154 valence electrons. The average Bonchev–Trinajstić information content (AvgIpc) is 2.60. The topological polar surface area (TPSA) is 178 Å². The normalized spacial score (nSPS) is 13.8. The second-order valence-electron chi connectivity index (χ2n) is 6.03. The number of carbonyl (C=O) groups is 2. The minimum absolute atomic E-state index is 0. The largest absolute Gasteiger partial charge is 1.00 e. The van der Waals surface area contributed by atoms with E-state index in [9.17, 15) is 9.59 Å². The molecule has 12 nitrogen and oxygen atoms in total. The van der Waals surface area contributed by atoms with Crippen LogP contribution in [0.3, 0.4) is 0 Å². The van der Waals surface area contributed by atoms with Crippen molar-refractivity contribution in [2.45, 2.75) is 13.8 Å². The molecule has 0 unspecified atom stereocenters. The zero-order valence-corrected chi connectivity index (χ0v) is 17.1. The van der Waals surface area contributed by atoms with Crippen molar-refractivity contribution in [1.29, 1.82) is 0 Å². The van der Waals surface area contributed by atoms with Crippen LogP contribution in [0.25, 0.3) is 0 Å². The molecule has 3 rings (SSSR count). The molecular weight excluding hydrogens is 391 g/mol. The fourth-order valence-corrected chi connectivity index (χ4v) is 2.16. The number of hydrogen-bond acceptors (Lipinski definition) is 12. The van der Waals surface area contributed by atoms with E-state index < -0.39 is 26.2 Å². The van der Waals surface area contributed by atoms with E-state index in [1.165, 1.54) is 17.3 Å². The van der Waals surface area contributed by atoms with Crippen molar-refractivity contribution in [3.63, 3.8) is 0 Å². The summed E-state index contributed by atoms with van der Waals surface area (Å²) in [6.07, 6.45) is 5.83. The van der Waals surface area contributed by atoms with Gasteiger partial charge in [0.2, 0.25) is 0 Å². The molecular formula is C15H20B2LiN5O7. The van der Waals surface area contributed by atoms with E-state index in [0.29, 0.717) is 17.0 Å². The number of carbonyl (C=O) groups excluding carboxylic acids is 2. The molecule has 0 atom stereocenters. The summed E-state index contributed by atoms with van der Waals surface area (Å²) in [5.41, 5.74) is 1.81. The molecule has 30 heavy (non-hydrogen) atoms. The van der Waals surface area contributed by atoms with Gasteiger partial charge in [-0.05, 0) is 20.9 Å². The van der Waals surface area contributed by atoms with Crippen LogP contribution in [0.15, 0.2) is 24.8 Å². The van der Waals surface area contributed by atoms with E-state index >= 15 is 0 Å². The van der Waals surface area contributed by atoms with Crippen LogP contribution in [-0.4, -0.2) is 86.7 Å². The van der Waals surface area contributed by atoms with Crippen LogP contribution in [0.4, 0.5) is 0 Å². The van der Waals surface area contributed by atoms with Crippen molar-refractivity contribution in [2.24, 2.45) is 0 Å². The molecule has 2 aromatic heterocycles. The standard InChI is InChI=1S/C10H12BN3O4.C5H7BN2O2.Li.H2O/c1-7-3-12-4-8(13-7)11-17-9(15)5-14(2)6-10(16)18-11;1-4-2-7-3-5(8-4)6(9)10;;/h3-4H,5-6H2,1-2H3;2-3,9-10H,1H3;;1H2/q;;+1;/p-1. The van der Waals surface area contributed by atoms with Crippen LogP contribution in [0.5, 0.6) is 0 Å². The van der Waals surface area contributed by atoms with Crippen molar-refractivity contribution in [3.05, 3.63) is 36.2 Å². The number of aryl methyl sites for hydroxylation is 2.